The maximum absolute atomic E-state index is 14.3. The third-order valence-electron chi connectivity index (χ3n) is 9.46. The number of carbonyl (C=O) groups excluding carboxylic acids is 3. The normalized spacial score (nSPS) is 12.6. The molecule has 9 nitrogen and oxygen atoms in total. The minimum Gasteiger partial charge on any atom is -0.508 e. The van der Waals surface area contributed by atoms with Gasteiger partial charge in [-0.1, -0.05) is 43.5 Å². The van der Waals surface area contributed by atoms with Crippen LogP contribution in [0.4, 0.5) is 0 Å². The summed E-state index contributed by atoms with van der Waals surface area (Å²) in [5, 5.41) is 22.2. The molecule has 0 saturated heterocycles. The summed E-state index contributed by atoms with van der Waals surface area (Å²) in [6.45, 7) is 7.30. The van der Waals surface area contributed by atoms with Crippen LogP contribution in [-0.4, -0.2) is 43.1 Å². The molecule has 6 rings (SSSR count). The van der Waals surface area contributed by atoms with Gasteiger partial charge in [0.2, 0.25) is 0 Å². The van der Waals surface area contributed by atoms with Gasteiger partial charge in [-0.15, -0.1) is 0 Å². The Morgan fingerprint density at radius 2 is 1.27 bits per heavy atom. The van der Waals surface area contributed by atoms with Gasteiger partial charge in [-0.05, 0) is 116 Å². The number of esters is 1. The van der Waals surface area contributed by atoms with E-state index < -0.39 is 17.9 Å². The number of carboxylic acid groups (broad SMARTS) is 1. The highest BCUT2D eigenvalue weighted by Crippen LogP contribution is 2.40. The van der Waals surface area contributed by atoms with E-state index in [0.29, 0.717) is 71.9 Å². The molecule has 2 N–H and O–H groups in total. The largest absolute Gasteiger partial charge is 0.508 e. The third-order valence-corrected chi connectivity index (χ3v) is 9.96. The van der Waals surface area contributed by atoms with E-state index in [2.05, 4.69) is 0 Å². The molecule has 51 heavy (non-hydrogen) atoms. The summed E-state index contributed by atoms with van der Waals surface area (Å²) in [5.74, 6) is -3.35. The van der Waals surface area contributed by atoms with Crippen LogP contribution < -0.4 is 4.74 Å². The van der Waals surface area contributed by atoms with Crippen molar-refractivity contribution in [1.29, 1.82) is 0 Å². The smallest absolute Gasteiger partial charge is 0.319 e. The van der Waals surface area contributed by atoms with E-state index in [1.807, 2.05) is 13.8 Å². The summed E-state index contributed by atoms with van der Waals surface area (Å²) in [5.41, 5.74) is 3.65. The van der Waals surface area contributed by atoms with Crippen molar-refractivity contribution in [3.05, 3.63) is 129 Å². The van der Waals surface area contributed by atoms with Gasteiger partial charge in [0.05, 0.1) is 23.4 Å². The number of phenolic OH excluding ortho intramolecular Hbond substituents is 1. The van der Waals surface area contributed by atoms with Gasteiger partial charge >= 0.3 is 11.9 Å². The molecule has 0 fully saturated rings. The van der Waals surface area contributed by atoms with Gasteiger partial charge < -0.3 is 14.9 Å². The van der Waals surface area contributed by atoms with Crippen LogP contribution in [0.5, 0.6) is 11.5 Å². The molecular weight excluding hydrogens is 691 g/mol. The zero-order valence-electron chi connectivity index (χ0n) is 28.2. The van der Waals surface area contributed by atoms with E-state index in [0.717, 1.165) is 0 Å². The molecule has 0 aliphatic carbocycles. The average Bonchev–Trinajstić information content (AvgIpc) is 3.53. The highest BCUT2D eigenvalue weighted by molar-refractivity contribution is 6.31. The monoisotopic (exact) mass is 724 g/mol. The number of rotatable bonds is 9. The number of fused-ring (bicyclic) bond motifs is 2. The van der Waals surface area contributed by atoms with Gasteiger partial charge in [0.1, 0.15) is 11.5 Å². The molecule has 0 aliphatic heterocycles. The number of hydrogen-bond acceptors (Lipinski definition) is 6. The summed E-state index contributed by atoms with van der Waals surface area (Å²) in [6, 6.07) is 22.4. The number of aromatic hydroxyl groups is 1. The van der Waals surface area contributed by atoms with Gasteiger partial charge in [0.15, 0.2) is 0 Å². The van der Waals surface area contributed by atoms with Crippen molar-refractivity contribution >= 4 is 68.8 Å². The second-order valence-electron chi connectivity index (χ2n) is 12.6. The summed E-state index contributed by atoms with van der Waals surface area (Å²) in [7, 11) is 0. The van der Waals surface area contributed by atoms with E-state index in [4.69, 9.17) is 27.9 Å². The van der Waals surface area contributed by atoms with E-state index in [-0.39, 0.29) is 35.7 Å². The van der Waals surface area contributed by atoms with Crippen LogP contribution in [0.2, 0.25) is 10.0 Å². The maximum atomic E-state index is 14.3. The lowest BCUT2D eigenvalue weighted by Crippen LogP contribution is -2.25. The van der Waals surface area contributed by atoms with Gasteiger partial charge in [0.25, 0.3) is 11.8 Å². The molecule has 11 heteroatoms. The van der Waals surface area contributed by atoms with Gasteiger partial charge in [0, 0.05) is 43.3 Å². The molecular formula is C40H34Cl2N2O7. The first-order chi connectivity index (χ1) is 24.3. The predicted molar refractivity (Wildman–Crippen MR) is 197 cm³/mol. The Kier molecular flexibility index (Phi) is 9.79. The first-order valence-corrected chi connectivity index (χ1v) is 17.1. The molecule has 0 radical (unpaired) electrons. The molecule has 0 bridgehead atoms. The van der Waals surface area contributed by atoms with E-state index in [1.54, 1.807) is 92.7 Å². The molecule has 4 aromatic carbocycles. The number of carbonyl (C=O) groups is 4. The molecule has 2 atom stereocenters. The second kappa shape index (κ2) is 14.1. The van der Waals surface area contributed by atoms with Crippen LogP contribution in [0.3, 0.4) is 0 Å². The topological polar surface area (TPSA) is 128 Å². The van der Waals surface area contributed by atoms with E-state index >= 15 is 0 Å². The Balaban J connectivity index is 1.44. The van der Waals surface area contributed by atoms with Gasteiger partial charge in [-0.3, -0.25) is 28.3 Å². The average molecular weight is 726 g/mol. The quantitative estimate of drug-likeness (QED) is 0.113. The van der Waals surface area contributed by atoms with Crippen molar-refractivity contribution in [2.24, 2.45) is 5.92 Å². The molecule has 6 aromatic rings. The highest BCUT2D eigenvalue weighted by Gasteiger charge is 2.35. The van der Waals surface area contributed by atoms with Crippen LogP contribution in [-0.2, 0) is 16.0 Å². The molecule has 260 valence electrons. The Morgan fingerprint density at radius 3 is 1.82 bits per heavy atom. The van der Waals surface area contributed by atoms with Crippen molar-refractivity contribution in [3.63, 3.8) is 0 Å². The number of carboxylic acids is 1. The zero-order chi connectivity index (χ0) is 36.7. The molecule has 2 aromatic heterocycles. The first kappa shape index (κ1) is 35.4. The standard InChI is InChI=1S/C40H34Cl2N2O7/c1-5-21(2)36(37-23(4)44(34-16-14-28(45)18-32(34)37)39(49)25-8-12-27(42)13-9-25)40(50)51-29-15-17-33-31(19-29)30(20-35(46)47)22(3)43(33)38(48)24-6-10-26(41)11-7-24/h6-19,21,36,45H,5,20H2,1-4H3,(H,46,47). The van der Waals surface area contributed by atoms with Gasteiger partial charge in [-0.2, -0.15) is 0 Å². The number of benzene rings is 4. The van der Waals surface area contributed by atoms with E-state index in [1.165, 1.54) is 15.2 Å². The zero-order valence-corrected chi connectivity index (χ0v) is 29.7. The molecule has 2 heterocycles. The van der Waals surface area contributed by atoms with Crippen LogP contribution in [0.25, 0.3) is 21.8 Å². The lowest BCUT2D eigenvalue weighted by atomic mass is 9.84. The Hall–Kier alpha value is -5.38. The second-order valence-corrected chi connectivity index (χ2v) is 13.5. The molecule has 0 amide bonds. The number of aliphatic carboxylic acids is 1. The van der Waals surface area contributed by atoms with Crippen molar-refractivity contribution < 1.29 is 34.1 Å². The third kappa shape index (κ3) is 6.62. The minimum atomic E-state index is -1.08. The minimum absolute atomic E-state index is 0.0273. The predicted octanol–water partition coefficient (Wildman–Crippen LogP) is 8.96. The number of nitrogens with zero attached hydrogens (tertiary/aromatic N) is 2. The summed E-state index contributed by atoms with van der Waals surface area (Å²) in [6.07, 6.45) is 0.229. The summed E-state index contributed by atoms with van der Waals surface area (Å²) < 4.78 is 9.05. The maximum Gasteiger partial charge on any atom is 0.319 e. The number of hydrogen-bond donors (Lipinski definition) is 2. The van der Waals surface area contributed by atoms with Gasteiger partial charge in [-0.25, -0.2) is 0 Å². The van der Waals surface area contributed by atoms with Crippen molar-refractivity contribution in [2.75, 3.05) is 0 Å². The Morgan fingerprint density at radius 1 is 0.745 bits per heavy atom. The Bertz CT molecular complexity index is 2360. The fraction of sp³-hybridized carbons (Fsp3) is 0.200. The molecule has 0 saturated carbocycles. The van der Waals surface area contributed by atoms with E-state index in [9.17, 15) is 29.4 Å². The molecule has 2 unspecified atom stereocenters. The summed E-state index contributed by atoms with van der Waals surface area (Å²) in [4.78, 5) is 53.8. The fourth-order valence-corrected chi connectivity index (χ4v) is 6.99. The summed E-state index contributed by atoms with van der Waals surface area (Å²) >= 11 is 12.1. The Labute approximate surface area is 303 Å². The number of halogens is 2. The lowest BCUT2D eigenvalue weighted by Gasteiger charge is -2.22. The van der Waals surface area contributed by atoms with Crippen molar-refractivity contribution in [1.82, 2.24) is 9.13 Å². The van der Waals surface area contributed by atoms with Crippen LogP contribution >= 0.6 is 23.2 Å². The SMILES string of the molecule is CCC(C)C(C(=O)Oc1ccc2c(c1)c(CC(=O)O)c(C)n2C(=O)c1ccc(Cl)cc1)c1c(C)n(C(=O)c2ccc(Cl)cc2)c2ccc(O)cc12. The van der Waals surface area contributed by atoms with Crippen LogP contribution in [0.1, 0.15) is 69.4 Å². The lowest BCUT2D eigenvalue weighted by molar-refractivity contribution is -0.138. The highest BCUT2D eigenvalue weighted by atomic mass is 35.5. The van der Waals surface area contributed by atoms with Crippen molar-refractivity contribution in [2.45, 2.75) is 46.5 Å². The van der Waals surface area contributed by atoms with Crippen LogP contribution in [0, 0.1) is 19.8 Å². The first-order valence-electron chi connectivity index (χ1n) is 16.3. The molecule has 0 spiro atoms. The van der Waals surface area contributed by atoms with Crippen LogP contribution in [0.15, 0.2) is 84.9 Å². The fourth-order valence-electron chi connectivity index (χ4n) is 6.74. The number of ether oxygens (including phenoxy) is 1. The number of phenols is 1. The number of aromatic nitrogens is 2. The molecule has 0 aliphatic rings. The van der Waals surface area contributed by atoms with Crippen molar-refractivity contribution in [3.8, 4) is 11.5 Å².